The smallest absolute Gasteiger partial charge is 0.341 e. The van der Waals surface area contributed by atoms with Crippen LogP contribution in [0, 0.1) is 23.7 Å². The van der Waals surface area contributed by atoms with Crippen molar-refractivity contribution in [3.8, 4) is 0 Å². The van der Waals surface area contributed by atoms with E-state index in [1.807, 2.05) is 41.5 Å². The van der Waals surface area contributed by atoms with Gasteiger partial charge in [-0.05, 0) is 37.0 Å². The predicted molar refractivity (Wildman–Crippen MR) is 115 cm³/mol. The van der Waals surface area contributed by atoms with E-state index in [0.717, 1.165) is 12.8 Å². The average Bonchev–Trinajstić information content (AvgIpc) is 2.60. The van der Waals surface area contributed by atoms with Crippen LogP contribution in [0.2, 0.25) is 0 Å². The molecule has 0 unspecified atom stereocenters. The van der Waals surface area contributed by atoms with E-state index >= 15 is 0 Å². The lowest BCUT2D eigenvalue weighted by Gasteiger charge is -2.21. The molecule has 0 bridgehead atoms. The lowest BCUT2D eigenvalue weighted by molar-refractivity contribution is -0.136. The summed E-state index contributed by atoms with van der Waals surface area (Å²) in [5, 5.41) is 21.8. The third-order valence-electron chi connectivity index (χ3n) is 4.76. The van der Waals surface area contributed by atoms with Crippen LogP contribution < -0.4 is 5.32 Å². The maximum Gasteiger partial charge on any atom is 0.341 e. The standard InChI is InChI=1S/C23H41NO5/c1-15(2)7-9-18(14-19(26)10-8-16(3)4)22(27)21(23(28)29)20(13-17(5)6)24-11-12-25/h15-18,24-25H,7-14H2,1-6H3,(H,28,29)/b21-20+/t18-/m1/s1. The van der Waals surface area contributed by atoms with Crippen molar-refractivity contribution in [2.24, 2.45) is 23.7 Å². The number of carbonyl (C=O) groups is 3. The molecule has 0 radical (unpaired) electrons. The second-order valence-corrected chi connectivity index (χ2v) is 9.11. The Morgan fingerprint density at radius 3 is 1.86 bits per heavy atom. The lowest BCUT2D eigenvalue weighted by Crippen LogP contribution is -2.30. The Hall–Kier alpha value is -1.69. The number of nitrogens with one attached hydrogen (secondary N) is 1. The van der Waals surface area contributed by atoms with Gasteiger partial charge in [-0.3, -0.25) is 9.59 Å². The Labute approximate surface area is 176 Å². The minimum absolute atomic E-state index is 0.0132. The number of hydrogen-bond donors (Lipinski definition) is 3. The zero-order valence-corrected chi connectivity index (χ0v) is 19.1. The van der Waals surface area contributed by atoms with Crippen LogP contribution in [0.5, 0.6) is 0 Å². The molecule has 0 aromatic carbocycles. The number of hydrogen-bond acceptors (Lipinski definition) is 5. The highest BCUT2D eigenvalue weighted by Gasteiger charge is 2.31. The average molecular weight is 412 g/mol. The maximum absolute atomic E-state index is 13.3. The molecule has 0 aliphatic rings. The summed E-state index contributed by atoms with van der Waals surface area (Å²) in [6.45, 7) is 12.1. The van der Waals surface area contributed by atoms with Crippen molar-refractivity contribution in [3.05, 3.63) is 11.3 Å². The van der Waals surface area contributed by atoms with E-state index in [0.29, 0.717) is 36.8 Å². The van der Waals surface area contributed by atoms with Gasteiger partial charge in [0.25, 0.3) is 0 Å². The molecule has 0 aliphatic carbocycles. The van der Waals surface area contributed by atoms with Gasteiger partial charge >= 0.3 is 5.97 Å². The van der Waals surface area contributed by atoms with Gasteiger partial charge in [-0.25, -0.2) is 4.79 Å². The quantitative estimate of drug-likeness (QED) is 0.202. The first-order chi connectivity index (χ1) is 13.5. The minimum atomic E-state index is -1.28. The Bertz CT molecular complexity index is 564. The molecular weight excluding hydrogens is 370 g/mol. The summed E-state index contributed by atoms with van der Waals surface area (Å²) in [5.74, 6) is -1.47. The van der Waals surface area contributed by atoms with Crippen LogP contribution in [0.4, 0.5) is 0 Å². The third-order valence-corrected chi connectivity index (χ3v) is 4.76. The Morgan fingerprint density at radius 2 is 1.41 bits per heavy atom. The number of carbonyl (C=O) groups excluding carboxylic acids is 2. The molecule has 0 heterocycles. The molecule has 0 saturated carbocycles. The molecule has 29 heavy (non-hydrogen) atoms. The van der Waals surface area contributed by atoms with E-state index < -0.39 is 17.7 Å². The van der Waals surface area contributed by atoms with Crippen molar-refractivity contribution in [2.75, 3.05) is 13.2 Å². The summed E-state index contributed by atoms with van der Waals surface area (Å²) in [5.41, 5.74) is 0.0771. The van der Waals surface area contributed by atoms with E-state index in [4.69, 9.17) is 5.11 Å². The van der Waals surface area contributed by atoms with Gasteiger partial charge in [0, 0.05) is 31.0 Å². The van der Waals surface area contributed by atoms with Crippen LogP contribution >= 0.6 is 0 Å². The lowest BCUT2D eigenvalue weighted by atomic mass is 9.84. The van der Waals surface area contributed by atoms with Gasteiger partial charge < -0.3 is 15.5 Å². The number of Topliss-reactive ketones (excluding diaryl/α,β-unsaturated/α-hetero) is 2. The minimum Gasteiger partial charge on any atom is -0.477 e. The summed E-state index contributed by atoms with van der Waals surface area (Å²) < 4.78 is 0. The molecule has 0 saturated heterocycles. The molecule has 0 aromatic heterocycles. The number of aliphatic hydroxyl groups excluding tert-OH is 1. The van der Waals surface area contributed by atoms with Crippen LogP contribution in [-0.4, -0.2) is 40.9 Å². The van der Waals surface area contributed by atoms with Crippen LogP contribution in [0.25, 0.3) is 0 Å². The maximum atomic E-state index is 13.3. The molecule has 0 amide bonds. The van der Waals surface area contributed by atoms with Crippen LogP contribution in [0.1, 0.15) is 80.1 Å². The molecule has 0 aliphatic heterocycles. The number of ketones is 2. The van der Waals surface area contributed by atoms with Crippen molar-refractivity contribution in [1.29, 1.82) is 0 Å². The number of rotatable bonds is 16. The fourth-order valence-corrected chi connectivity index (χ4v) is 3.15. The third kappa shape index (κ3) is 11.8. The zero-order valence-electron chi connectivity index (χ0n) is 19.1. The monoisotopic (exact) mass is 411 g/mol. The summed E-state index contributed by atoms with van der Waals surface area (Å²) in [6, 6.07) is 0. The number of aliphatic hydroxyl groups is 1. The number of aliphatic carboxylic acids is 1. The van der Waals surface area contributed by atoms with Gasteiger partial charge in [0.05, 0.1) is 6.61 Å². The Balaban J connectivity index is 5.79. The summed E-state index contributed by atoms with van der Waals surface area (Å²) >= 11 is 0. The zero-order chi connectivity index (χ0) is 22.6. The van der Waals surface area contributed by atoms with Crippen LogP contribution in [0.15, 0.2) is 11.3 Å². The summed E-state index contributed by atoms with van der Waals surface area (Å²) in [6.07, 6.45) is 2.91. The van der Waals surface area contributed by atoms with Crippen molar-refractivity contribution < 1.29 is 24.6 Å². The van der Waals surface area contributed by atoms with Crippen molar-refractivity contribution >= 4 is 17.5 Å². The molecule has 168 valence electrons. The molecule has 1 atom stereocenters. The SMILES string of the molecule is CC(C)CCC(=O)C[C@@H](CCC(C)C)C(=O)/C(C(=O)O)=C(/CC(C)C)NCCO. The summed E-state index contributed by atoms with van der Waals surface area (Å²) in [4.78, 5) is 37.7. The molecule has 0 fully saturated rings. The highest BCUT2D eigenvalue weighted by molar-refractivity contribution is 6.18. The second kappa shape index (κ2) is 14.3. The Morgan fingerprint density at radius 1 is 0.828 bits per heavy atom. The highest BCUT2D eigenvalue weighted by Crippen LogP contribution is 2.25. The first kappa shape index (κ1) is 27.3. The number of carboxylic acid groups (broad SMARTS) is 1. The molecular formula is C23H41NO5. The number of carboxylic acids is 1. The molecule has 0 aromatic rings. The van der Waals surface area contributed by atoms with Crippen LogP contribution in [0.3, 0.4) is 0 Å². The summed E-state index contributed by atoms with van der Waals surface area (Å²) in [7, 11) is 0. The normalized spacial score (nSPS) is 13.6. The number of allylic oxidation sites excluding steroid dienone is 1. The fourth-order valence-electron chi connectivity index (χ4n) is 3.15. The van der Waals surface area contributed by atoms with Gasteiger partial charge in [-0.15, -0.1) is 0 Å². The molecule has 0 spiro atoms. The van der Waals surface area contributed by atoms with E-state index in [1.165, 1.54) is 0 Å². The van der Waals surface area contributed by atoms with Crippen molar-refractivity contribution in [3.63, 3.8) is 0 Å². The largest absolute Gasteiger partial charge is 0.477 e. The first-order valence-electron chi connectivity index (χ1n) is 10.9. The van der Waals surface area contributed by atoms with Gasteiger partial charge in [0.15, 0.2) is 5.78 Å². The van der Waals surface area contributed by atoms with E-state index in [1.54, 1.807) is 0 Å². The van der Waals surface area contributed by atoms with Crippen molar-refractivity contribution in [1.82, 2.24) is 5.32 Å². The topological polar surface area (TPSA) is 104 Å². The van der Waals surface area contributed by atoms with Gasteiger partial charge in [-0.1, -0.05) is 48.0 Å². The van der Waals surface area contributed by atoms with Gasteiger partial charge in [-0.2, -0.15) is 0 Å². The molecule has 3 N–H and O–H groups in total. The molecule has 6 nitrogen and oxygen atoms in total. The molecule has 0 rings (SSSR count). The fraction of sp³-hybridized carbons (Fsp3) is 0.783. The van der Waals surface area contributed by atoms with E-state index in [-0.39, 0.29) is 36.8 Å². The van der Waals surface area contributed by atoms with Crippen molar-refractivity contribution in [2.45, 2.75) is 80.1 Å². The van der Waals surface area contributed by atoms with Gasteiger partial charge in [0.1, 0.15) is 11.4 Å². The van der Waals surface area contributed by atoms with Crippen LogP contribution in [-0.2, 0) is 14.4 Å². The predicted octanol–water partition coefficient (Wildman–Crippen LogP) is 3.97. The molecule has 6 heteroatoms. The second-order valence-electron chi connectivity index (χ2n) is 9.11. The van der Waals surface area contributed by atoms with E-state index in [2.05, 4.69) is 5.32 Å². The highest BCUT2D eigenvalue weighted by atomic mass is 16.4. The van der Waals surface area contributed by atoms with E-state index in [9.17, 15) is 19.5 Å². The van der Waals surface area contributed by atoms with Gasteiger partial charge in [0.2, 0.25) is 0 Å². The Kier molecular flexibility index (Phi) is 13.5. The first-order valence-corrected chi connectivity index (χ1v) is 10.9.